The number of anilines is 2. The number of fused-ring (bicyclic) bond motifs is 1. The maximum atomic E-state index is 12.3. The minimum absolute atomic E-state index is 0.174. The minimum atomic E-state index is -4.67. The monoisotopic (exact) mass is 352 g/mol. The first-order valence-electron chi connectivity index (χ1n) is 8.06. The van der Waals surface area contributed by atoms with Gasteiger partial charge in [0.15, 0.2) is 0 Å². The van der Waals surface area contributed by atoms with E-state index in [0.717, 1.165) is 29.3 Å². The average molecular weight is 352 g/mol. The van der Waals surface area contributed by atoms with E-state index >= 15 is 0 Å². The highest BCUT2D eigenvalue weighted by atomic mass is 19.4. The zero-order valence-electron chi connectivity index (χ0n) is 14.0. The molecule has 1 N–H and O–H groups in total. The summed E-state index contributed by atoms with van der Waals surface area (Å²) in [5, 5.41) is 3.18. The van der Waals surface area contributed by atoms with Gasteiger partial charge in [0.1, 0.15) is 23.2 Å². The van der Waals surface area contributed by atoms with Crippen molar-refractivity contribution in [1.29, 1.82) is 0 Å². The molecular formula is C17H19F3N4O. The van der Waals surface area contributed by atoms with E-state index in [0.29, 0.717) is 25.3 Å². The Labute approximate surface area is 143 Å². The Balaban J connectivity index is 1.80. The fraction of sp³-hybridized carbons (Fsp3) is 0.412. The quantitative estimate of drug-likeness (QED) is 0.910. The molecule has 0 spiro atoms. The maximum absolute atomic E-state index is 12.3. The van der Waals surface area contributed by atoms with Crippen LogP contribution in [0.25, 0.3) is 0 Å². The van der Waals surface area contributed by atoms with E-state index in [1.807, 2.05) is 19.9 Å². The second-order valence-electron chi connectivity index (χ2n) is 5.84. The summed E-state index contributed by atoms with van der Waals surface area (Å²) in [4.78, 5) is 10.9. The highest BCUT2D eigenvalue weighted by Crippen LogP contribution is 2.29. The van der Waals surface area contributed by atoms with E-state index < -0.39 is 6.36 Å². The molecule has 1 aromatic carbocycles. The van der Waals surface area contributed by atoms with Gasteiger partial charge < -0.3 is 15.0 Å². The van der Waals surface area contributed by atoms with E-state index in [1.54, 1.807) is 6.07 Å². The number of alkyl halides is 3. The van der Waals surface area contributed by atoms with Crippen LogP contribution in [0.2, 0.25) is 0 Å². The van der Waals surface area contributed by atoms with Crippen molar-refractivity contribution in [1.82, 2.24) is 9.97 Å². The van der Waals surface area contributed by atoms with Crippen LogP contribution in [0.15, 0.2) is 24.3 Å². The van der Waals surface area contributed by atoms with Crippen LogP contribution in [0.5, 0.6) is 5.75 Å². The van der Waals surface area contributed by atoms with Crippen molar-refractivity contribution in [2.24, 2.45) is 0 Å². The Morgan fingerprint density at radius 1 is 1.20 bits per heavy atom. The highest BCUT2D eigenvalue weighted by Gasteiger charge is 2.31. The van der Waals surface area contributed by atoms with Crippen LogP contribution in [-0.4, -0.2) is 29.4 Å². The van der Waals surface area contributed by atoms with Gasteiger partial charge >= 0.3 is 6.36 Å². The van der Waals surface area contributed by atoms with Crippen LogP contribution in [0.1, 0.15) is 23.9 Å². The number of benzene rings is 1. The van der Waals surface area contributed by atoms with E-state index in [9.17, 15) is 13.2 Å². The number of rotatable bonds is 4. The molecule has 2 aromatic rings. The van der Waals surface area contributed by atoms with Gasteiger partial charge in [0.05, 0.1) is 0 Å². The summed E-state index contributed by atoms with van der Waals surface area (Å²) < 4.78 is 41.0. The molecule has 3 rings (SSSR count). The van der Waals surface area contributed by atoms with Crippen LogP contribution in [0.3, 0.4) is 0 Å². The molecule has 25 heavy (non-hydrogen) atoms. The van der Waals surface area contributed by atoms with Crippen LogP contribution in [0, 0.1) is 6.92 Å². The van der Waals surface area contributed by atoms with Crippen LogP contribution in [0.4, 0.5) is 24.8 Å². The van der Waals surface area contributed by atoms with Gasteiger partial charge in [-0.2, -0.15) is 0 Å². The normalized spacial score (nSPS) is 14.2. The predicted molar refractivity (Wildman–Crippen MR) is 88.8 cm³/mol. The van der Waals surface area contributed by atoms with Crippen LogP contribution >= 0.6 is 0 Å². The van der Waals surface area contributed by atoms with Crippen molar-refractivity contribution >= 4 is 11.6 Å². The first-order chi connectivity index (χ1) is 11.8. The SMILES string of the molecule is CCNc1cc(N2CCc3cc(OC(F)(F)F)ccc3C2)nc(C)n1. The molecule has 5 nitrogen and oxygen atoms in total. The Bertz CT molecular complexity index is 764. The molecule has 0 saturated carbocycles. The molecule has 0 radical (unpaired) electrons. The largest absolute Gasteiger partial charge is 0.573 e. The van der Waals surface area contributed by atoms with Gasteiger partial charge in [-0.05, 0) is 43.5 Å². The number of ether oxygens (including phenoxy) is 1. The third-order valence-electron chi connectivity index (χ3n) is 3.93. The average Bonchev–Trinajstić information content (AvgIpc) is 2.52. The number of nitrogens with zero attached hydrogens (tertiary/aromatic N) is 3. The molecule has 0 atom stereocenters. The van der Waals surface area contributed by atoms with Gasteiger partial charge in [-0.1, -0.05) is 6.07 Å². The lowest BCUT2D eigenvalue weighted by atomic mass is 9.99. The molecule has 0 aliphatic carbocycles. The second-order valence-corrected chi connectivity index (χ2v) is 5.84. The lowest BCUT2D eigenvalue weighted by Crippen LogP contribution is -2.31. The summed E-state index contributed by atoms with van der Waals surface area (Å²) >= 11 is 0. The highest BCUT2D eigenvalue weighted by molar-refractivity contribution is 5.52. The standard InChI is InChI=1S/C17H19F3N4O/c1-3-21-15-9-16(23-11(2)22-15)24-7-6-12-8-14(25-17(18,19)20)5-4-13(12)10-24/h4-5,8-9H,3,6-7,10H2,1-2H3,(H,21,22,23). The summed E-state index contributed by atoms with van der Waals surface area (Å²) in [5.74, 6) is 2.08. The molecule has 134 valence electrons. The molecular weight excluding hydrogens is 333 g/mol. The Kier molecular flexibility index (Phi) is 4.69. The Hall–Kier alpha value is -2.51. The molecule has 1 aromatic heterocycles. The summed E-state index contributed by atoms with van der Waals surface area (Å²) in [6.45, 7) is 5.85. The Morgan fingerprint density at radius 3 is 2.72 bits per heavy atom. The summed E-state index contributed by atoms with van der Waals surface area (Å²) in [6, 6.07) is 6.39. The predicted octanol–water partition coefficient (Wildman–Crippen LogP) is 3.68. The van der Waals surface area contributed by atoms with Gasteiger partial charge in [-0.25, -0.2) is 9.97 Å². The van der Waals surface area contributed by atoms with Crippen molar-refractivity contribution in [3.63, 3.8) is 0 Å². The van der Waals surface area contributed by atoms with Crippen LogP contribution < -0.4 is 15.0 Å². The van der Waals surface area contributed by atoms with Gasteiger partial charge in [0.25, 0.3) is 0 Å². The molecule has 0 unspecified atom stereocenters. The lowest BCUT2D eigenvalue weighted by molar-refractivity contribution is -0.274. The molecule has 0 amide bonds. The van der Waals surface area contributed by atoms with E-state index in [4.69, 9.17) is 0 Å². The summed E-state index contributed by atoms with van der Waals surface area (Å²) in [5.41, 5.74) is 1.85. The lowest BCUT2D eigenvalue weighted by Gasteiger charge is -2.30. The first-order valence-corrected chi connectivity index (χ1v) is 8.06. The van der Waals surface area contributed by atoms with Crippen molar-refractivity contribution < 1.29 is 17.9 Å². The van der Waals surface area contributed by atoms with Gasteiger partial charge in [0.2, 0.25) is 0 Å². The third-order valence-corrected chi connectivity index (χ3v) is 3.93. The van der Waals surface area contributed by atoms with Crippen molar-refractivity contribution in [3.8, 4) is 5.75 Å². The molecule has 1 aliphatic heterocycles. The molecule has 0 saturated heterocycles. The van der Waals surface area contributed by atoms with Gasteiger partial charge in [0, 0.05) is 25.7 Å². The summed E-state index contributed by atoms with van der Waals surface area (Å²) in [7, 11) is 0. The molecule has 2 heterocycles. The number of aryl methyl sites for hydroxylation is 1. The van der Waals surface area contributed by atoms with Crippen molar-refractivity contribution in [2.45, 2.75) is 33.2 Å². The zero-order chi connectivity index (χ0) is 18.0. The number of aromatic nitrogens is 2. The zero-order valence-corrected chi connectivity index (χ0v) is 14.0. The maximum Gasteiger partial charge on any atom is 0.573 e. The molecule has 8 heteroatoms. The third kappa shape index (κ3) is 4.32. The van der Waals surface area contributed by atoms with Crippen molar-refractivity contribution in [2.75, 3.05) is 23.3 Å². The van der Waals surface area contributed by atoms with Crippen molar-refractivity contribution in [3.05, 3.63) is 41.2 Å². The smallest absolute Gasteiger partial charge is 0.406 e. The van der Waals surface area contributed by atoms with Crippen LogP contribution in [-0.2, 0) is 13.0 Å². The number of hydrogen-bond donors (Lipinski definition) is 1. The molecule has 1 aliphatic rings. The van der Waals surface area contributed by atoms with Gasteiger partial charge in [-0.15, -0.1) is 13.2 Å². The Morgan fingerprint density at radius 2 is 2.00 bits per heavy atom. The first kappa shape index (κ1) is 17.3. The van der Waals surface area contributed by atoms with Gasteiger partial charge in [-0.3, -0.25) is 0 Å². The second kappa shape index (κ2) is 6.78. The van der Waals surface area contributed by atoms with E-state index in [1.165, 1.54) is 12.1 Å². The fourth-order valence-electron chi connectivity index (χ4n) is 2.91. The number of halogens is 3. The molecule has 0 fully saturated rings. The van der Waals surface area contributed by atoms with E-state index in [2.05, 4.69) is 24.9 Å². The molecule has 0 bridgehead atoms. The number of hydrogen-bond acceptors (Lipinski definition) is 5. The summed E-state index contributed by atoms with van der Waals surface area (Å²) in [6.07, 6.45) is -4.04. The van der Waals surface area contributed by atoms with E-state index in [-0.39, 0.29) is 5.75 Å². The number of nitrogens with one attached hydrogen (secondary N) is 1. The minimum Gasteiger partial charge on any atom is -0.406 e. The fourth-order valence-corrected chi connectivity index (χ4v) is 2.91. The topological polar surface area (TPSA) is 50.3 Å².